The summed E-state index contributed by atoms with van der Waals surface area (Å²) in [4.78, 5) is 23.6. The molecule has 8 heteroatoms. The molecule has 29 heavy (non-hydrogen) atoms. The third-order valence-corrected chi connectivity index (χ3v) is 4.15. The first-order valence-electron chi connectivity index (χ1n) is 9.22. The molecule has 0 radical (unpaired) electrons. The number of benzene rings is 1. The number of esters is 1. The van der Waals surface area contributed by atoms with Gasteiger partial charge in [-0.15, -0.1) is 0 Å². The minimum absolute atomic E-state index is 0.170. The van der Waals surface area contributed by atoms with Crippen molar-refractivity contribution in [3.05, 3.63) is 71.4 Å². The maximum atomic E-state index is 12.2. The van der Waals surface area contributed by atoms with Crippen LogP contribution in [0, 0.1) is 6.92 Å². The van der Waals surface area contributed by atoms with Crippen LogP contribution in [0.25, 0.3) is 0 Å². The third-order valence-electron chi connectivity index (χ3n) is 4.15. The predicted molar refractivity (Wildman–Crippen MR) is 105 cm³/mol. The number of ether oxygens (including phenoxy) is 2. The van der Waals surface area contributed by atoms with Gasteiger partial charge in [-0.2, -0.15) is 5.10 Å². The van der Waals surface area contributed by atoms with Gasteiger partial charge in [-0.05, 0) is 55.3 Å². The Kier molecular flexibility index (Phi) is 6.67. The van der Waals surface area contributed by atoms with Crippen LogP contribution in [0.5, 0.6) is 5.75 Å². The first-order chi connectivity index (χ1) is 14.0. The molecule has 0 saturated carbocycles. The van der Waals surface area contributed by atoms with Gasteiger partial charge >= 0.3 is 5.97 Å². The molecule has 8 nitrogen and oxygen atoms in total. The summed E-state index contributed by atoms with van der Waals surface area (Å²) in [7, 11) is 1.33. The molecular weight excluding hydrogens is 374 g/mol. The minimum atomic E-state index is -0.405. The second kappa shape index (κ2) is 9.59. The topological polar surface area (TPSA) is 95.6 Å². The van der Waals surface area contributed by atoms with Crippen LogP contribution in [0.1, 0.15) is 38.7 Å². The summed E-state index contributed by atoms with van der Waals surface area (Å²) in [5, 5.41) is 7.03. The lowest BCUT2D eigenvalue weighted by atomic mass is 10.2. The van der Waals surface area contributed by atoms with Crippen molar-refractivity contribution in [3.63, 3.8) is 0 Å². The van der Waals surface area contributed by atoms with Gasteiger partial charge in [0.15, 0.2) is 5.76 Å². The van der Waals surface area contributed by atoms with Crippen molar-refractivity contribution in [3.8, 4) is 5.75 Å². The van der Waals surface area contributed by atoms with Gasteiger partial charge < -0.3 is 19.2 Å². The summed E-state index contributed by atoms with van der Waals surface area (Å²) in [5.41, 5.74) is 1.55. The fourth-order valence-electron chi connectivity index (χ4n) is 2.66. The Balaban J connectivity index is 1.42. The van der Waals surface area contributed by atoms with Gasteiger partial charge in [0.25, 0.3) is 5.91 Å². The number of hydrogen-bond donors (Lipinski definition) is 1. The van der Waals surface area contributed by atoms with Crippen LogP contribution in [0.4, 0.5) is 0 Å². The van der Waals surface area contributed by atoms with Crippen molar-refractivity contribution in [1.82, 2.24) is 15.1 Å². The van der Waals surface area contributed by atoms with Crippen molar-refractivity contribution in [2.75, 3.05) is 13.7 Å². The molecule has 152 valence electrons. The van der Waals surface area contributed by atoms with Gasteiger partial charge in [0, 0.05) is 19.3 Å². The number of aryl methyl sites for hydroxylation is 2. The van der Waals surface area contributed by atoms with Crippen molar-refractivity contribution in [2.45, 2.75) is 26.5 Å². The molecule has 0 spiro atoms. The van der Waals surface area contributed by atoms with E-state index in [2.05, 4.69) is 15.2 Å². The maximum absolute atomic E-state index is 12.2. The van der Waals surface area contributed by atoms with E-state index >= 15 is 0 Å². The summed E-state index contributed by atoms with van der Waals surface area (Å²) in [5.74, 6) is 0.668. The smallest absolute Gasteiger partial charge is 0.337 e. The Bertz CT molecular complexity index is 959. The molecule has 0 atom stereocenters. The Morgan fingerprint density at radius 2 is 1.97 bits per heavy atom. The number of carbonyl (C=O) groups excluding carboxylic acids is 2. The van der Waals surface area contributed by atoms with Crippen molar-refractivity contribution in [1.29, 1.82) is 0 Å². The molecule has 0 aliphatic rings. The van der Waals surface area contributed by atoms with E-state index in [0.29, 0.717) is 23.6 Å². The molecule has 2 heterocycles. The highest BCUT2D eigenvalue weighted by molar-refractivity contribution is 5.91. The zero-order chi connectivity index (χ0) is 20.6. The van der Waals surface area contributed by atoms with Crippen molar-refractivity contribution < 1.29 is 23.5 Å². The van der Waals surface area contributed by atoms with Crippen LogP contribution in [-0.4, -0.2) is 35.3 Å². The van der Waals surface area contributed by atoms with E-state index < -0.39 is 5.97 Å². The van der Waals surface area contributed by atoms with Gasteiger partial charge in [-0.3, -0.25) is 9.48 Å². The van der Waals surface area contributed by atoms with Crippen molar-refractivity contribution in [2.24, 2.45) is 0 Å². The molecule has 0 aliphatic carbocycles. The first-order valence-corrected chi connectivity index (χ1v) is 9.22. The molecule has 0 bridgehead atoms. The fraction of sp³-hybridized carbons (Fsp3) is 0.286. The Labute approximate surface area is 168 Å². The molecule has 1 N–H and O–H groups in total. The lowest BCUT2D eigenvalue weighted by molar-refractivity contribution is 0.0600. The number of aromatic nitrogens is 2. The van der Waals surface area contributed by atoms with E-state index in [9.17, 15) is 9.59 Å². The largest absolute Gasteiger partial charge is 0.486 e. The number of methoxy groups -OCH3 is 1. The minimum Gasteiger partial charge on any atom is -0.486 e. The molecule has 1 aromatic carbocycles. The average Bonchev–Trinajstić information content (AvgIpc) is 3.38. The number of rotatable bonds is 9. The van der Waals surface area contributed by atoms with E-state index in [0.717, 1.165) is 18.5 Å². The van der Waals surface area contributed by atoms with Gasteiger partial charge in [0.05, 0.1) is 18.9 Å². The molecular formula is C21H23N3O5. The van der Waals surface area contributed by atoms with Crippen LogP contribution < -0.4 is 10.1 Å². The zero-order valence-electron chi connectivity index (χ0n) is 16.4. The van der Waals surface area contributed by atoms with E-state index in [1.54, 1.807) is 42.6 Å². The number of nitrogens with one attached hydrogen (secondary N) is 1. The number of furan rings is 1. The Morgan fingerprint density at radius 3 is 2.66 bits per heavy atom. The number of hydrogen-bond acceptors (Lipinski definition) is 6. The quantitative estimate of drug-likeness (QED) is 0.441. The molecule has 0 aliphatic heterocycles. The summed E-state index contributed by atoms with van der Waals surface area (Å²) < 4.78 is 17.7. The van der Waals surface area contributed by atoms with Gasteiger partial charge in [0.2, 0.25) is 0 Å². The summed E-state index contributed by atoms with van der Waals surface area (Å²) in [6.45, 7) is 3.42. The third kappa shape index (κ3) is 5.71. The second-order valence-electron chi connectivity index (χ2n) is 6.46. The highest BCUT2D eigenvalue weighted by Crippen LogP contribution is 2.16. The molecule has 0 fully saturated rings. The monoisotopic (exact) mass is 397 g/mol. The lowest BCUT2D eigenvalue weighted by Crippen LogP contribution is -2.24. The van der Waals surface area contributed by atoms with Crippen LogP contribution >= 0.6 is 0 Å². The SMILES string of the molecule is COC(=O)c1ccc(OCc2ccc(C(=O)NCCCn3cc(C)cn3)o2)cc1. The van der Waals surface area contributed by atoms with Gasteiger partial charge in [0.1, 0.15) is 18.1 Å². The van der Waals surface area contributed by atoms with E-state index in [-0.39, 0.29) is 18.3 Å². The standard InChI is InChI=1S/C21H23N3O5/c1-15-12-23-24(13-15)11-3-10-22-20(25)19-9-8-18(29-19)14-28-17-6-4-16(5-7-17)21(26)27-2/h4-9,12-13H,3,10-11,14H2,1-2H3,(H,22,25). The van der Waals surface area contributed by atoms with E-state index in [4.69, 9.17) is 9.15 Å². The number of amides is 1. The van der Waals surface area contributed by atoms with Crippen LogP contribution in [-0.2, 0) is 17.9 Å². The summed E-state index contributed by atoms with van der Waals surface area (Å²) in [6.07, 6.45) is 4.53. The highest BCUT2D eigenvalue weighted by Gasteiger charge is 2.11. The number of nitrogens with zero attached hydrogens (tertiary/aromatic N) is 2. The zero-order valence-corrected chi connectivity index (χ0v) is 16.4. The predicted octanol–water partition coefficient (Wildman–Crippen LogP) is 2.97. The molecule has 3 rings (SSSR count). The van der Waals surface area contributed by atoms with Crippen molar-refractivity contribution >= 4 is 11.9 Å². The Hall–Kier alpha value is -3.55. The van der Waals surface area contributed by atoms with Gasteiger partial charge in [-0.25, -0.2) is 4.79 Å². The lowest BCUT2D eigenvalue weighted by Gasteiger charge is -2.05. The average molecular weight is 397 g/mol. The van der Waals surface area contributed by atoms with E-state index in [1.807, 2.05) is 17.8 Å². The molecule has 0 saturated heterocycles. The second-order valence-corrected chi connectivity index (χ2v) is 6.46. The van der Waals surface area contributed by atoms with Gasteiger partial charge in [-0.1, -0.05) is 0 Å². The first kappa shape index (κ1) is 20.2. The molecule has 1 amide bonds. The normalized spacial score (nSPS) is 10.6. The maximum Gasteiger partial charge on any atom is 0.337 e. The van der Waals surface area contributed by atoms with E-state index in [1.165, 1.54) is 7.11 Å². The van der Waals surface area contributed by atoms with Crippen LogP contribution in [0.3, 0.4) is 0 Å². The fourth-order valence-corrected chi connectivity index (χ4v) is 2.66. The molecule has 3 aromatic rings. The Morgan fingerprint density at radius 1 is 1.17 bits per heavy atom. The van der Waals surface area contributed by atoms with Crippen LogP contribution in [0.15, 0.2) is 53.2 Å². The molecule has 2 aromatic heterocycles. The summed E-state index contributed by atoms with van der Waals surface area (Å²) >= 11 is 0. The van der Waals surface area contributed by atoms with Crippen LogP contribution in [0.2, 0.25) is 0 Å². The molecule has 0 unspecified atom stereocenters. The summed E-state index contributed by atoms with van der Waals surface area (Å²) in [6, 6.07) is 9.89. The highest BCUT2D eigenvalue weighted by atomic mass is 16.5. The number of carbonyl (C=O) groups is 2.